The third kappa shape index (κ3) is 5.36. The first-order valence-electron chi connectivity index (χ1n) is 6.40. The van der Waals surface area contributed by atoms with Crippen LogP contribution in [0.2, 0.25) is 0 Å². The monoisotopic (exact) mass is 307 g/mol. The molecule has 1 fully saturated rings. The van der Waals surface area contributed by atoms with Gasteiger partial charge in [-0.05, 0) is 27.2 Å². The maximum absolute atomic E-state index is 11.6. The molecule has 0 aromatic carbocycles. The molecule has 0 radical (unpaired) electrons. The van der Waals surface area contributed by atoms with Crippen LogP contribution < -0.4 is 5.32 Å². The lowest BCUT2D eigenvalue weighted by Gasteiger charge is -2.29. The van der Waals surface area contributed by atoms with Crippen molar-refractivity contribution in [2.75, 3.05) is 18.1 Å². The topological polar surface area (TPSA) is 110 Å². The van der Waals surface area contributed by atoms with Crippen LogP contribution in [0.3, 0.4) is 0 Å². The van der Waals surface area contributed by atoms with Gasteiger partial charge >= 0.3 is 12.1 Å². The molecule has 1 saturated heterocycles. The van der Waals surface area contributed by atoms with Crippen LogP contribution in [0.25, 0.3) is 0 Å². The van der Waals surface area contributed by atoms with Gasteiger partial charge in [0.2, 0.25) is 0 Å². The minimum atomic E-state index is -3.24. The number of carboxylic acids is 1. The number of ether oxygens (including phenoxy) is 1. The minimum Gasteiger partial charge on any atom is -0.481 e. The van der Waals surface area contributed by atoms with Crippen molar-refractivity contribution >= 4 is 21.9 Å². The molecule has 1 aliphatic heterocycles. The number of rotatable bonds is 3. The van der Waals surface area contributed by atoms with Gasteiger partial charge < -0.3 is 15.2 Å². The van der Waals surface area contributed by atoms with E-state index in [1.54, 1.807) is 20.8 Å². The largest absolute Gasteiger partial charge is 0.481 e. The molecule has 1 rings (SSSR count). The number of carboxylic acid groups (broad SMARTS) is 1. The molecule has 2 N–H and O–H groups in total. The molecule has 7 nitrogen and oxygen atoms in total. The third-order valence-corrected chi connectivity index (χ3v) is 4.80. The molecule has 8 heteroatoms. The minimum absolute atomic E-state index is 0.0227. The van der Waals surface area contributed by atoms with Gasteiger partial charge in [0.1, 0.15) is 5.60 Å². The van der Waals surface area contributed by atoms with Crippen molar-refractivity contribution < 1.29 is 27.9 Å². The number of hydrogen-bond acceptors (Lipinski definition) is 5. The van der Waals surface area contributed by atoms with Crippen molar-refractivity contribution in [2.24, 2.45) is 11.8 Å². The molecule has 0 aromatic heterocycles. The molecule has 0 bridgehead atoms. The maximum atomic E-state index is 11.6. The zero-order valence-electron chi connectivity index (χ0n) is 11.9. The van der Waals surface area contributed by atoms with Gasteiger partial charge in [0.05, 0.1) is 17.4 Å². The Morgan fingerprint density at radius 2 is 1.95 bits per heavy atom. The molecule has 0 aromatic rings. The number of hydrogen-bond donors (Lipinski definition) is 2. The summed E-state index contributed by atoms with van der Waals surface area (Å²) in [4.78, 5) is 22.6. The number of amides is 1. The number of nitrogens with one attached hydrogen (secondary N) is 1. The van der Waals surface area contributed by atoms with Gasteiger partial charge in [-0.3, -0.25) is 4.79 Å². The molecule has 20 heavy (non-hydrogen) atoms. The first-order chi connectivity index (χ1) is 9.00. The van der Waals surface area contributed by atoms with Gasteiger partial charge in [-0.25, -0.2) is 13.2 Å². The standard InChI is InChI=1S/C12H21NO6S/c1-12(2,3)19-11(16)13-6-8-7-20(17,18)5-4-9(8)10(14)15/h8-9H,4-7H2,1-3H3,(H,13,16)(H,14,15). The molecule has 116 valence electrons. The SMILES string of the molecule is CC(C)(C)OC(=O)NCC1CS(=O)(=O)CCC1C(=O)O. The van der Waals surface area contributed by atoms with Crippen LogP contribution in [-0.4, -0.2) is 49.2 Å². The summed E-state index contributed by atoms with van der Waals surface area (Å²) >= 11 is 0. The Balaban J connectivity index is 2.62. The van der Waals surface area contributed by atoms with E-state index in [1.807, 2.05) is 0 Å². The highest BCUT2D eigenvalue weighted by molar-refractivity contribution is 7.91. The molecular formula is C12H21NO6S. The van der Waals surface area contributed by atoms with Crippen molar-refractivity contribution in [2.45, 2.75) is 32.8 Å². The van der Waals surface area contributed by atoms with E-state index in [0.717, 1.165) is 0 Å². The zero-order chi connectivity index (χ0) is 15.6. The van der Waals surface area contributed by atoms with E-state index < -0.39 is 39.3 Å². The molecule has 1 heterocycles. The number of alkyl carbamates (subject to hydrolysis) is 1. The molecule has 0 spiro atoms. The highest BCUT2D eigenvalue weighted by atomic mass is 32.2. The Labute approximate surface area is 118 Å². The second-order valence-electron chi connectivity index (χ2n) is 5.99. The molecule has 2 atom stereocenters. The van der Waals surface area contributed by atoms with E-state index in [0.29, 0.717) is 0 Å². The highest BCUT2D eigenvalue weighted by Gasteiger charge is 2.37. The highest BCUT2D eigenvalue weighted by Crippen LogP contribution is 2.25. The van der Waals surface area contributed by atoms with E-state index in [1.165, 1.54) is 0 Å². The van der Waals surface area contributed by atoms with Crippen molar-refractivity contribution in [1.29, 1.82) is 0 Å². The summed E-state index contributed by atoms with van der Waals surface area (Å²) < 4.78 is 28.2. The first kappa shape index (κ1) is 16.7. The van der Waals surface area contributed by atoms with Crippen LogP contribution in [0, 0.1) is 11.8 Å². The summed E-state index contributed by atoms with van der Waals surface area (Å²) in [6.07, 6.45) is -0.595. The van der Waals surface area contributed by atoms with E-state index in [4.69, 9.17) is 9.84 Å². The molecule has 0 aliphatic carbocycles. The lowest BCUT2D eigenvalue weighted by atomic mass is 9.91. The molecule has 1 amide bonds. The maximum Gasteiger partial charge on any atom is 0.407 e. The predicted octanol–water partition coefficient (Wildman–Crippen LogP) is 0.647. The van der Waals surface area contributed by atoms with E-state index in [-0.39, 0.29) is 24.5 Å². The summed E-state index contributed by atoms with van der Waals surface area (Å²) in [6.45, 7) is 5.10. The van der Waals surface area contributed by atoms with Crippen LogP contribution in [-0.2, 0) is 19.4 Å². The van der Waals surface area contributed by atoms with Crippen molar-refractivity contribution in [3.8, 4) is 0 Å². The number of carbonyl (C=O) groups is 2. The summed E-state index contributed by atoms with van der Waals surface area (Å²) in [7, 11) is -3.24. The Kier molecular flexibility index (Phi) is 5.01. The summed E-state index contributed by atoms with van der Waals surface area (Å²) in [5.41, 5.74) is -0.658. The first-order valence-corrected chi connectivity index (χ1v) is 8.22. The molecular weight excluding hydrogens is 286 g/mol. The lowest BCUT2D eigenvalue weighted by Crippen LogP contribution is -2.44. The van der Waals surface area contributed by atoms with Crippen LogP contribution >= 0.6 is 0 Å². The number of carbonyl (C=O) groups excluding carboxylic acids is 1. The smallest absolute Gasteiger partial charge is 0.407 e. The number of sulfone groups is 1. The lowest BCUT2D eigenvalue weighted by molar-refractivity contribution is -0.143. The Bertz CT molecular complexity index is 479. The van der Waals surface area contributed by atoms with Gasteiger partial charge in [-0.15, -0.1) is 0 Å². The van der Waals surface area contributed by atoms with Crippen molar-refractivity contribution in [3.05, 3.63) is 0 Å². The average molecular weight is 307 g/mol. The second-order valence-corrected chi connectivity index (χ2v) is 8.22. The normalized spacial score (nSPS) is 25.8. The second kappa shape index (κ2) is 5.99. The molecule has 1 aliphatic rings. The van der Waals surface area contributed by atoms with Crippen LogP contribution in [0.1, 0.15) is 27.2 Å². The average Bonchev–Trinajstić information content (AvgIpc) is 2.22. The Morgan fingerprint density at radius 3 is 2.45 bits per heavy atom. The van der Waals surface area contributed by atoms with Gasteiger partial charge in [0.15, 0.2) is 9.84 Å². The van der Waals surface area contributed by atoms with Crippen LogP contribution in [0.5, 0.6) is 0 Å². The van der Waals surface area contributed by atoms with Gasteiger partial charge in [-0.1, -0.05) is 0 Å². The van der Waals surface area contributed by atoms with E-state index >= 15 is 0 Å². The van der Waals surface area contributed by atoms with Gasteiger partial charge in [0.25, 0.3) is 0 Å². The van der Waals surface area contributed by atoms with Gasteiger partial charge in [0, 0.05) is 12.5 Å². The summed E-state index contributed by atoms with van der Waals surface area (Å²) in [5.74, 6) is -2.75. The summed E-state index contributed by atoms with van der Waals surface area (Å²) in [5, 5.41) is 11.5. The van der Waals surface area contributed by atoms with E-state index in [2.05, 4.69) is 5.32 Å². The fourth-order valence-corrected chi connectivity index (χ4v) is 3.90. The Hall–Kier alpha value is -1.31. The van der Waals surface area contributed by atoms with Gasteiger partial charge in [-0.2, -0.15) is 0 Å². The fourth-order valence-electron chi connectivity index (χ4n) is 2.12. The molecule has 0 saturated carbocycles. The van der Waals surface area contributed by atoms with Crippen LogP contribution in [0.15, 0.2) is 0 Å². The fraction of sp³-hybridized carbons (Fsp3) is 0.833. The quantitative estimate of drug-likeness (QED) is 0.792. The molecule has 2 unspecified atom stereocenters. The number of aliphatic carboxylic acids is 1. The zero-order valence-corrected chi connectivity index (χ0v) is 12.7. The van der Waals surface area contributed by atoms with Crippen molar-refractivity contribution in [3.63, 3.8) is 0 Å². The van der Waals surface area contributed by atoms with E-state index in [9.17, 15) is 18.0 Å². The predicted molar refractivity (Wildman–Crippen MR) is 72.1 cm³/mol. The van der Waals surface area contributed by atoms with Crippen LogP contribution in [0.4, 0.5) is 4.79 Å². The third-order valence-electron chi connectivity index (χ3n) is 3.00. The summed E-state index contributed by atoms with van der Waals surface area (Å²) in [6, 6.07) is 0. The van der Waals surface area contributed by atoms with Crippen molar-refractivity contribution in [1.82, 2.24) is 5.32 Å². The Morgan fingerprint density at radius 1 is 1.35 bits per heavy atom.